The Labute approximate surface area is 214 Å². The predicted molar refractivity (Wildman–Crippen MR) is 150 cm³/mol. The monoisotopic (exact) mass is 486 g/mol. The fourth-order valence-electron chi connectivity index (χ4n) is 9.89. The third-order valence-electron chi connectivity index (χ3n) is 11.8. The van der Waals surface area contributed by atoms with Crippen LogP contribution >= 0.6 is 0 Å². The molecule has 0 aromatic rings. The van der Waals surface area contributed by atoms with E-state index in [1.807, 2.05) is 0 Å². The highest BCUT2D eigenvalue weighted by Gasteiger charge is 2.59. The molecule has 34 heavy (non-hydrogen) atoms. The van der Waals surface area contributed by atoms with Crippen LogP contribution in [-0.2, 0) is 4.43 Å². The molecule has 3 fully saturated rings. The van der Waals surface area contributed by atoms with Gasteiger partial charge in [-0.1, -0.05) is 66.0 Å². The van der Waals surface area contributed by atoms with Gasteiger partial charge < -0.3 is 4.43 Å². The van der Waals surface area contributed by atoms with Crippen LogP contribution in [0.15, 0.2) is 11.6 Å². The van der Waals surface area contributed by atoms with Crippen LogP contribution in [0.5, 0.6) is 0 Å². The molecule has 0 amide bonds. The van der Waals surface area contributed by atoms with Crippen LogP contribution in [0.25, 0.3) is 0 Å². The molecule has 4 aliphatic rings. The quantitative estimate of drug-likeness (QED) is 0.245. The van der Waals surface area contributed by atoms with Gasteiger partial charge in [-0.05, 0) is 130 Å². The molecule has 0 heterocycles. The van der Waals surface area contributed by atoms with Crippen molar-refractivity contribution in [2.45, 2.75) is 138 Å². The van der Waals surface area contributed by atoms with Gasteiger partial charge in [0.1, 0.15) is 0 Å². The first-order chi connectivity index (χ1) is 15.9. The van der Waals surface area contributed by atoms with E-state index in [9.17, 15) is 0 Å². The molecule has 0 aromatic carbocycles. The topological polar surface area (TPSA) is 9.23 Å². The smallest absolute Gasteiger partial charge is 0.184 e. The Balaban J connectivity index is 1.45. The molecule has 0 aliphatic heterocycles. The van der Waals surface area contributed by atoms with Gasteiger partial charge in [-0.2, -0.15) is 0 Å². The van der Waals surface area contributed by atoms with Crippen LogP contribution in [0.2, 0.25) is 19.6 Å². The molecule has 0 N–H and O–H groups in total. The Morgan fingerprint density at radius 1 is 0.971 bits per heavy atom. The van der Waals surface area contributed by atoms with Crippen molar-refractivity contribution in [3.8, 4) is 0 Å². The molecule has 0 spiro atoms. The summed E-state index contributed by atoms with van der Waals surface area (Å²) >= 11 is 0. The maximum absolute atomic E-state index is 6.59. The Hall–Kier alpha value is -0.0831. The van der Waals surface area contributed by atoms with Crippen molar-refractivity contribution in [3.63, 3.8) is 0 Å². The van der Waals surface area contributed by atoms with E-state index in [0.29, 0.717) is 16.9 Å². The van der Waals surface area contributed by atoms with Crippen molar-refractivity contribution in [3.05, 3.63) is 11.6 Å². The van der Waals surface area contributed by atoms with E-state index < -0.39 is 8.32 Å². The zero-order valence-electron chi connectivity index (χ0n) is 24.4. The fraction of sp³-hybridized carbons (Fsp3) is 0.938. The molecule has 2 heteroatoms. The molecule has 0 saturated heterocycles. The predicted octanol–water partition coefficient (Wildman–Crippen LogP) is 9.88. The van der Waals surface area contributed by atoms with Gasteiger partial charge >= 0.3 is 0 Å². The number of hydrogen-bond donors (Lipinski definition) is 0. The lowest BCUT2D eigenvalue weighted by atomic mass is 9.47. The van der Waals surface area contributed by atoms with Gasteiger partial charge in [-0.15, -0.1) is 0 Å². The molecule has 0 bridgehead atoms. The SMILES string of the molecule is CCC(CCC(C)C1CCC2C3CC=C4CC(O[Si](C)(C)C)CCC4(C)C3CCC12C)C(C)C. The van der Waals surface area contributed by atoms with Gasteiger partial charge in [-0.25, -0.2) is 0 Å². The first-order valence-electron chi connectivity index (χ1n) is 15.3. The van der Waals surface area contributed by atoms with E-state index >= 15 is 0 Å². The maximum Gasteiger partial charge on any atom is 0.184 e. The number of hydrogen-bond acceptors (Lipinski definition) is 1. The first kappa shape index (κ1) is 27.0. The molecule has 9 unspecified atom stereocenters. The summed E-state index contributed by atoms with van der Waals surface area (Å²) in [6.07, 6.45) is 18.7. The van der Waals surface area contributed by atoms with Crippen LogP contribution in [0.1, 0.15) is 112 Å². The summed E-state index contributed by atoms with van der Waals surface area (Å²) in [6, 6.07) is 0. The van der Waals surface area contributed by atoms with Crippen LogP contribution in [0.3, 0.4) is 0 Å². The molecule has 4 rings (SSSR count). The Kier molecular flexibility index (Phi) is 7.93. The lowest BCUT2D eigenvalue weighted by Crippen LogP contribution is -2.51. The molecule has 3 saturated carbocycles. The van der Waals surface area contributed by atoms with Crippen LogP contribution in [0.4, 0.5) is 0 Å². The van der Waals surface area contributed by atoms with E-state index in [1.165, 1.54) is 70.6 Å². The lowest BCUT2D eigenvalue weighted by Gasteiger charge is -2.58. The molecule has 196 valence electrons. The molecular formula is C32H58OSi. The Morgan fingerprint density at radius 2 is 1.71 bits per heavy atom. The lowest BCUT2D eigenvalue weighted by molar-refractivity contribution is -0.0565. The summed E-state index contributed by atoms with van der Waals surface area (Å²) < 4.78 is 6.59. The van der Waals surface area contributed by atoms with Gasteiger partial charge in [0.2, 0.25) is 0 Å². The molecule has 0 radical (unpaired) electrons. The van der Waals surface area contributed by atoms with Gasteiger partial charge in [0.05, 0.1) is 0 Å². The zero-order valence-corrected chi connectivity index (χ0v) is 25.4. The van der Waals surface area contributed by atoms with Crippen LogP contribution in [-0.4, -0.2) is 14.4 Å². The standard InChI is InChI=1S/C32H58OSi/c1-10-24(22(2)3)12-11-23(4)28-15-16-29-27-14-13-25-21-26(33-34(7,8)9)17-19-31(25,5)30(27)18-20-32(28,29)6/h13,22-24,26-30H,10-12,14-21H2,1-9H3. The molecular weight excluding hydrogens is 428 g/mol. The van der Waals surface area contributed by atoms with Crippen LogP contribution < -0.4 is 0 Å². The third-order valence-corrected chi connectivity index (χ3v) is 12.8. The zero-order chi connectivity index (χ0) is 24.9. The second kappa shape index (κ2) is 10.00. The third kappa shape index (κ3) is 5.03. The number of fused-ring (bicyclic) bond motifs is 5. The Morgan fingerprint density at radius 3 is 2.35 bits per heavy atom. The summed E-state index contributed by atoms with van der Waals surface area (Å²) in [5.41, 5.74) is 2.84. The van der Waals surface area contributed by atoms with Gasteiger partial charge in [0.25, 0.3) is 0 Å². The summed E-state index contributed by atoms with van der Waals surface area (Å²) in [7, 11) is -1.46. The van der Waals surface area contributed by atoms with Crippen molar-refractivity contribution < 1.29 is 4.43 Å². The highest BCUT2D eigenvalue weighted by Crippen LogP contribution is 2.67. The highest BCUT2D eigenvalue weighted by atomic mass is 28.4. The highest BCUT2D eigenvalue weighted by molar-refractivity contribution is 6.69. The maximum atomic E-state index is 6.59. The average molecular weight is 487 g/mol. The van der Waals surface area contributed by atoms with Crippen LogP contribution in [0, 0.1) is 52.3 Å². The summed E-state index contributed by atoms with van der Waals surface area (Å²) in [5.74, 6) is 6.47. The fourth-order valence-corrected chi connectivity index (χ4v) is 11.1. The number of allylic oxidation sites excluding steroid dienone is 1. The van der Waals surface area contributed by atoms with Gasteiger partial charge in [0.15, 0.2) is 8.32 Å². The molecule has 4 aliphatic carbocycles. The number of rotatable bonds is 8. The van der Waals surface area contributed by atoms with Crippen molar-refractivity contribution in [1.29, 1.82) is 0 Å². The van der Waals surface area contributed by atoms with E-state index in [-0.39, 0.29) is 0 Å². The Bertz CT molecular complexity index is 734. The second-order valence-electron chi connectivity index (χ2n) is 15.0. The molecule has 1 nitrogen and oxygen atoms in total. The van der Waals surface area contributed by atoms with Gasteiger partial charge in [0, 0.05) is 6.10 Å². The average Bonchev–Trinajstić information content (AvgIpc) is 3.10. The minimum atomic E-state index is -1.46. The largest absolute Gasteiger partial charge is 0.414 e. The van der Waals surface area contributed by atoms with Crippen molar-refractivity contribution >= 4 is 8.32 Å². The van der Waals surface area contributed by atoms with E-state index in [2.05, 4.69) is 67.3 Å². The molecule has 0 aromatic heterocycles. The summed E-state index contributed by atoms with van der Waals surface area (Å²) in [4.78, 5) is 0. The minimum Gasteiger partial charge on any atom is -0.414 e. The first-order valence-corrected chi connectivity index (χ1v) is 18.7. The van der Waals surface area contributed by atoms with E-state index in [4.69, 9.17) is 4.43 Å². The normalized spacial score (nSPS) is 41.9. The summed E-state index contributed by atoms with van der Waals surface area (Å²) in [6.45, 7) is 22.4. The van der Waals surface area contributed by atoms with Crippen molar-refractivity contribution in [2.24, 2.45) is 52.3 Å². The van der Waals surface area contributed by atoms with Crippen molar-refractivity contribution in [2.75, 3.05) is 0 Å². The van der Waals surface area contributed by atoms with Crippen molar-refractivity contribution in [1.82, 2.24) is 0 Å². The summed E-state index contributed by atoms with van der Waals surface area (Å²) in [5, 5.41) is 0. The van der Waals surface area contributed by atoms with Gasteiger partial charge in [-0.3, -0.25) is 0 Å². The molecule has 9 atom stereocenters. The second-order valence-corrected chi connectivity index (χ2v) is 19.5. The van der Waals surface area contributed by atoms with E-state index in [1.54, 1.807) is 5.57 Å². The minimum absolute atomic E-state index is 0.457. The van der Waals surface area contributed by atoms with E-state index in [0.717, 1.165) is 41.4 Å².